The van der Waals surface area contributed by atoms with E-state index in [1.807, 2.05) is 0 Å². The van der Waals surface area contributed by atoms with Crippen molar-refractivity contribution in [1.82, 2.24) is 5.32 Å². The van der Waals surface area contributed by atoms with Crippen LogP contribution in [0.2, 0.25) is 0 Å². The SMILES string of the molecule is CCCCCCCCNCCN. The van der Waals surface area contributed by atoms with Gasteiger partial charge in [-0.3, -0.25) is 0 Å². The van der Waals surface area contributed by atoms with Crippen molar-refractivity contribution in [2.45, 2.75) is 45.4 Å². The fraction of sp³-hybridized carbons (Fsp3) is 1.00. The van der Waals surface area contributed by atoms with Crippen molar-refractivity contribution in [2.24, 2.45) is 5.73 Å². The maximum atomic E-state index is 5.35. The minimum absolute atomic E-state index is 0.760. The van der Waals surface area contributed by atoms with Crippen molar-refractivity contribution in [3.05, 3.63) is 0 Å². The highest BCUT2D eigenvalue weighted by molar-refractivity contribution is 4.49. The molecule has 0 rings (SSSR count). The summed E-state index contributed by atoms with van der Waals surface area (Å²) in [4.78, 5) is 0. The Bertz CT molecular complexity index is 64.2. The van der Waals surface area contributed by atoms with Crippen LogP contribution in [0, 0.1) is 0 Å². The molecule has 0 bridgehead atoms. The molecule has 0 aliphatic heterocycles. The van der Waals surface area contributed by atoms with Crippen LogP contribution in [-0.4, -0.2) is 19.6 Å². The molecule has 0 atom stereocenters. The Hall–Kier alpha value is -0.0800. The van der Waals surface area contributed by atoms with E-state index >= 15 is 0 Å². The standard InChI is InChI=1S/C10H24N2/c1-2-3-4-5-6-7-9-12-10-8-11/h12H,2-11H2,1H3. The van der Waals surface area contributed by atoms with Crippen LogP contribution in [0.4, 0.5) is 0 Å². The molecule has 0 heterocycles. The summed E-state index contributed by atoms with van der Waals surface area (Å²) in [5, 5.41) is 3.30. The summed E-state index contributed by atoms with van der Waals surface area (Å²) in [6, 6.07) is 0. The average molecular weight is 172 g/mol. The third kappa shape index (κ3) is 9.92. The zero-order valence-corrected chi connectivity index (χ0v) is 8.44. The molecule has 2 nitrogen and oxygen atoms in total. The molecule has 0 aromatic carbocycles. The Balaban J connectivity index is 2.73. The highest BCUT2D eigenvalue weighted by atomic mass is 14.9. The van der Waals surface area contributed by atoms with Crippen LogP contribution >= 0.6 is 0 Å². The third-order valence-electron chi connectivity index (χ3n) is 2.03. The summed E-state index contributed by atoms with van der Waals surface area (Å²) in [7, 11) is 0. The molecule has 0 spiro atoms. The van der Waals surface area contributed by atoms with Crippen LogP contribution in [0.3, 0.4) is 0 Å². The predicted octanol–water partition coefficient (Wildman–Crippen LogP) is 1.90. The summed E-state index contributed by atoms with van der Waals surface area (Å²) in [6.07, 6.45) is 8.23. The highest BCUT2D eigenvalue weighted by Gasteiger charge is 1.89. The molecule has 2 heteroatoms. The smallest absolute Gasteiger partial charge is 0.00745 e. The van der Waals surface area contributed by atoms with E-state index in [0.29, 0.717) is 0 Å². The quantitative estimate of drug-likeness (QED) is 0.521. The Morgan fingerprint density at radius 1 is 0.917 bits per heavy atom. The lowest BCUT2D eigenvalue weighted by molar-refractivity contribution is 0.575. The van der Waals surface area contributed by atoms with Crippen LogP contribution in [0.15, 0.2) is 0 Å². The molecule has 74 valence electrons. The van der Waals surface area contributed by atoms with Gasteiger partial charge in [-0.2, -0.15) is 0 Å². The Morgan fingerprint density at radius 3 is 2.25 bits per heavy atom. The molecule has 0 saturated heterocycles. The molecule has 12 heavy (non-hydrogen) atoms. The number of rotatable bonds is 9. The second-order valence-electron chi connectivity index (χ2n) is 3.31. The summed E-state index contributed by atoms with van der Waals surface area (Å²) >= 11 is 0. The highest BCUT2D eigenvalue weighted by Crippen LogP contribution is 2.03. The largest absolute Gasteiger partial charge is 0.329 e. The lowest BCUT2D eigenvalue weighted by Gasteiger charge is -2.02. The van der Waals surface area contributed by atoms with Gasteiger partial charge in [0, 0.05) is 13.1 Å². The number of unbranched alkanes of at least 4 members (excludes halogenated alkanes) is 5. The molecule has 0 unspecified atom stereocenters. The first-order chi connectivity index (χ1) is 5.91. The monoisotopic (exact) mass is 172 g/mol. The van der Waals surface area contributed by atoms with Gasteiger partial charge in [0.25, 0.3) is 0 Å². The molecular weight excluding hydrogens is 148 g/mol. The number of hydrogen-bond acceptors (Lipinski definition) is 2. The topological polar surface area (TPSA) is 38.0 Å². The van der Waals surface area contributed by atoms with Crippen molar-refractivity contribution in [1.29, 1.82) is 0 Å². The summed E-state index contributed by atoms with van der Waals surface area (Å²) < 4.78 is 0. The van der Waals surface area contributed by atoms with Gasteiger partial charge in [-0.05, 0) is 13.0 Å². The molecule has 0 aliphatic carbocycles. The molecule has 0 aromatic rings. The van der Waals surface area contributed by atoms with E-state index in [0.717, 1.165) is 19.6 Å². The average Bonchev–Trinajstić information content (AvgIpc) is 2.10. The zero-order chi connectivity index (χ0) is 9.07. The van der Waals surface area contributed by atoms with Crippen molar-refractivity contribution >= 4 is 0 Å². The fourth-order valence-electron chi connectivity index (χ4n) is 1.26. The van der Waals surface area contributed by atoms with Gasteiger partial charge in [0.15, 0.2) is 0 Å². The molecule has 0 saturated carbocycles. The first kappa shape index (κ1) is 11.9. The number of nitrogens with two attached hydrogens (primary N) is 1. The lowest BCUT2D eigenvalue weighted by Crippen LogP contribution is -2.23. The summed E-state index contributed by atoms with van der Waals surface area (Å²) in [6.45, 7) is 5.12. The zero-order valence-electron chi connectivity index (χ0n) is 8.44. The Kier molecular flexibility index (Phi) is 10.8. The van der Waals surface area contributed by atoms with Crippen molar-refractivity contribution < 1.29 is 0 Å². The van der Waals surface area contributed by atoms with Gasteiger partial charge in [0.1, 0.15) is 0 Å². The van der Waals surface area contributed by atoms with E-state index in [-0.39, 0.29) is 0 Å². The molecule has 0 radical (unpaired) electrons. The van der Waals surface area contributed by atoms with Crippen LogP contribution in [0.1, 0.15) is 45.4 Å². The first-order valence-corrected chi connectivity index (χ1v) is 5.32. The van der Waals surface area contributed by atoms with Gasteiger partial charge in [-0.1, -0.05) is 39.0 Å². The lowest BCUT2D eigenvalue weighted by atomic mass is 10.1. The maximum Gasteiger partial charge on any atom is 0.00745 e. The predicted molar refractivity (Wildman–Crippen MR) is 55.3 cm³/mol. The van der Waals surface area contributed by atoms with Crippen molar-refractivity contribution in [3.63, 3.8) is 0 Å². The van der Waals surface area contributed by atoms with E-state index in [9.17, 15) is 0 Å². The maximum absolute atomic E-state index is 5.35. The van der Waals surface area contributed by atoms with Crippen molar-refractivity contribution in [2.75, 3.05) is 19.6 Å². The fourth-order valence-corrected chi connectivity index (χ4v) is 1.26. The minimum atomic E-state index is 0.760. The Labute approximate surface area is 76.9 Å². The molecule has 0 aromatic heterocycles. The number of hydrogen-bond donors (Lipinski definition) is 2. The van der Waals surface area contributed by atoms with Crippen LogP contribution < -0.4 is 11.1 Å². The molecule has 0 aliphatic rings. The first-order valence-electron chi connectivity index (χ1n) is 5.32. The van der Waals surface area contributed by atoms with E-state index in [2.05, 4.69) is 12.2 Å². The molecule has 3 N–H and O–H groups in total. The number of nitrogens with one attached hydrogen (secondary N) is 1. The third-order valence-corrected chi connectivity index (χ3v) is 2.03. The molecule has 0 fully saturated rings. The van der Waals surface area contributed by atoms with E-state index in [4.69, 9.17) is 5.73 Å². The van der Waals surface area contributed by atoms with Gasteiger partial charge >= 0.3 is 0 Å². The van der Waals surface area contributed by atoms with Gasteiger partial charge in [0.05, 0.1) is 0 Å². The van der Waals surface area contributed by atoms with Crippen molar-refractivity contribution in [3.8, 4) is 0 Å². The van der Waals surface area contributed by atoms with Gasteiger partial charge in [-0.15, -0.1) is 0 Å². The van der Waals surface area contributed by atoms with Gasteiger partial charge in [0.2, 0.25) is 0 Å². The summed E-state index contributed by atoms with van der Waals surface area (Å²) in [5.74, 6) is 0. The van der Waals surface area contributed by atoms with Crippen LogP contribution in [0.5, 0.6) is 0 Å². The van der Waals surface area contributed by atoms with Crippen LogP contribution in [0.25, 0.3) is 0 Å². The van der Waals surface area contributed by atoms with Crippen LogP contribution in [-0.2, 0) is 0 Å². The van der Waals surface area contributed by atoms with Gasteiger partial charge in [-0.25, -0.2) is 0 Å². The second-order valence-corrected chi connectivity index (χ2v) is 3.31. The normalized spacial score (nSPS) is 10.5. The van der Waals surface area contributed by atoms with Gasteiger partial charge < -0.3 is 11.1 Å². The van der Waals surface area contributed by atoms with E-state index < -0.39 is 0 Å². The second kappa shape index (κ2) is 10.9. The Morgan fingerprint density at radius 2 is 1.58 bits per heavy atom. The molecular formula is C10H24N2. The minimum Gasteiger partial charge on any atom is -0.329 e. The molecule has 0 amide bonds. The van der Waals surface area contributed by atoms with E-state index in [1.165, 1.54) is 38.5 Å². The summed E-state index contributed by atoms with van der Waals surface area (Å²) in [5.41, 5.74) is 5.35. The van der Waals surface area contributed by atoms with E-state index in [1.54, 1.807) is 0 Å².